The van der Waals surface area contributed by atoms with Crippen molar-refractivity contribution in [2.24, 2.45) is 0 Å². The molecule has 1 aromatic rings. The van der Waals surface area contributed by atoms with E-state index in [1.165, 1.54) is 13.8 Å². The first-order valence-corrected chi connectivity index (χ1v) is 6.88. The molecule has 0 atom stereocenters. The Morgan fingerprint density at radius 1 is 1.33 bits per heavy atom. The molecular weight excluding hydrogens is 257 g/mol. The molecule has 0 aliphatic rings. The number of carbonyl (C=O) groups excluding carboxylic acids is 1. The number of benzene rings is 1. The van der Waals surface area contributed by atoms with Crippen LogP contribution in [0.3, 0.4) is 0 Å². The summed E-state index contributed by atoms with van der Waals surface area (Å²) in [6.45, 7) is 2.51. The second-order valence-corrected chi connectivity index (χ2v) is 6.50. The molecule has 0 fully saturated rings. The van der Waals surface area contributed by atoms with Crippen molar-refractivity contribution >= 4 is 13.7 Å². The number of nitrogens with one attached hydrogen (secondary N) is 1. The van der Waals surface area contributed by atoms with Gasteiger partial charge in [0.15, 0.2) is 0 Å². The summed E-state index contributed by atoms with van der Waals surface area (Å²) in [4.78, 5) is 29.4. The van der Waals surface area contributed by atoms with Crippen LogP contribution in [-0.2, 0) is 15.9 Å². The number of rotatable bonds is 4. The van der Waals surface area contributed by atoms with Gasteiger partial charge in [0, 0.05) is 0 Å². The Bertz CT molecular complexity index is 454. The molecule has 18 heavy (non-hydrogen) atoms. The van der Waals surface area contributed by atoms with Crippen molar-refractivity contribution in [3.05, 3.63) is 35.9 Å². The molecule has 0 bridgehead atoms. The van der Waals surface area contributed by atoms with Crippen molar-refractivity contribution in [2.75, 3.05) is 0 Å². The van der Waals surface area contributed by atoms with Crippen LogP contribution in [0, 0.1) is 0 Å². The van der Waals surface area contributed by atoms with Crippen molar-refractivity contribution in [3.63, 3.8) is 0 Å². The maximum Gasteiger partial charge on any atom is 0.408 e. The van der Waals surface area contributed by atoms with Crippen molar-refractivity contribution in [2.45, 2.75) is 25.7 Å². The molecule has 0 saturated heterocycles. The van der Waals surface area contributed by atoms with Crippen LogP contribution < -0.4 is 5.32 Å². The number of hydrogen-bond acceptors (Lipinski definition) is 3. The Labute approximate surface area is 105 Å². The van der Waals surface area contributed by atoms with E-state index in [4.69, 9.17) is 14.5 Å². The molecule has 6 nitrogen and oxygen atoms in total. The lowest BCUT2D eigenvalue weighted by Gasteiger charge is -2.26. The normalized spacial score (nSPS) is 12.0. The van der Waals surface area contributed by atoms with Crippen LogP contribution >= 0.6 is 7.60 Å². The maximum absolute atomic E-state index is 11.4. The fourth-order valence-electron chi connectivity index (χ4n) is 1.08. The fourth-order valence-corrected chi connectivity index (χ4v) is 1.32. The van der Waals surface area contributed by atoms with Gasteiger partial charge < -0.3 is 19.8 Å². The van der Waals surface area contributed by atoms with Crippen LogP contribution in [0.15, 0.2) is 30.3 Å². The van der Waals surface area contributed by atoms with Crippen LogP contribution in [0.5, 0.6) is 0 Å². The molecule has 0 unspecified atom stereocenters. The molecule has 0 aromatic heterocycles. The quantitative estimate of drug-likeness (QED) is 0.727. The summed E-state index contributed by atoms with van der Waals surface area (Å²) >= 11 is 0. The molecule has 0 radical (unpaired) electrons. The van der Waals surface area contributed by atoms with Gasteiger partial charge in [0.25, 0.3) is 0 Å². The standard InChI is InChI=1S/C11H16NO5P/c1-11(2,18(14,15)16)12-10(13)17-8-9-6-4-3-5-7-9/h3-7H,8H2,1-2H3,(H,12,13)(H2,14,15,16). The smallest absolute Gasteiger partial charge is 0.408 e. The number of hydrogen-bond donors (Lipinski definition) is 3. The van der Waals surface area contributed by atoms with Crippen molar-refractivity contribution in [1.29, 1.82) is 0 Å². The molecule has 0 spiro atoms. The van der Waals surface area contributed by atoms with Gasteiger partial charge in [-0.1, -0.05) is 30.3 Å². The zero-order valence-corrected chi connectivity index (χ0v) is 11.1. The topological polar surface area (TPSA) is 95.9 Å². The van der Waals surface area contributed by atoms with E-state index < -0.39 is 19.0 Å². The summed E-state index contributed by atoms with van der Waals surface area (Å²) < 4.78 is 16.0. The second kappa shape index (κ2) is 5.52. The van der Waals surface area contributed by atoms with Gasteiger partial charge in [-0.3, -0.25) is 4.57 Å². The van der Waals surface area contributed by atoms with E-state index in [1.54, 1.807) is 24.3 Å². The zero-order chi connectivity index (χ0) is 13.8. The molecule has 1 rings (SSSR count). The average Bonchev–Trinajstić information content (AvgIpc) is 2.26. The molecule has 7 heteroatoms. The summed E-state index contributed by atoms with van der Waals surface area (Å²) in [5, 5.41) is 0.490. The molecule has 3 N–H and O–H groups in total. The Kier molecular flexibility index (Phi) is 4.51. The van der Waals surface area contributed by atoms with Crippen molar-refractivity contribution < 1.29 is 23.9 Å². The molecule has 100 valence electrons. The Balaban J connectivity index is 2.51. The lowest BCUT2D eigenvalue weighted by atomic mass is 10.2. The van der Waals surface area contributed by atoms with Gasteiger partial charge in [-0.05, 0) is 19.4 Å². The van der Waals surface area contributed by atoms with E-state index in [9.17, 15) is 9.36 Å². The first-order valence-electron chi connectivity index (χ1n) is 5.27. The van der Waals surface area contributed by atoms with E-state index in [0.717, 1.165) is 5.56 Å². The second-order valence-electron chi connectivity index (χ2n) is 4.29. The number of amides is 1. The first-order chi connectivity index (χ1) is 8.22. The highest BCUT2D eigenvalue weighted by Crippen LogP contribution is 2.48. The van der Waals surface area contributed by atoms with E-state index in [2.05, 4.69) is 5.32 Å². The predicted octanol–water partition coefficient (Wildman–Crippen LogP) is 1.83. The third-order valence-electron chi connectivity index (χ3n) is 2.35. The minimum Gasteiger partial charge on any atom is -0.445 e. The summed E-state index contributed by atoms with van der Waals surface area (Å²) in [7, 11) is -4.43. The minimum atomic E-state index is -4.43. The largest absolute Gasteiger partial charge is 0.445 e. The highest BCUT2D eigenvalue weighted by atomic mass is 31.2. The summed E-state index contributed by atoms with van der Waals surface area (Å²) in [6.07, 6.45) is -0.868. The van der Waals surface area contributed by atoms with Crippen LogP contribution in [0.1, 0.15) is 19.4 Å². The number of ether oxygens (including phenoxy) is 1. The molecule has 1 aromatic carbocycles. The van der Waals surface area contributed by atoms with E-state index in [0.29, 0.717) is 0 Å². The predicted molar refractivity (Wildman–Crippen MR) is 65.9 cm³/mol. The fraction of sp³-hybridized carbons (Fsp3) is 0.364. The number of carbonyl (C=O) groups is 1. The van der Waals surface area contributed by atoms with Crippen LogP contribution in [0.25, 0.3) is 0 Å². The monoisotopic (exact) mass is 273 g/mol. The van der Waals surface area contributed by atoms with Gasteiger partial charge in [-0.2, -0.15) is 0 Å². The third-order valence-corrected chi connectivity index (χ3v) is 3.92. The van der Waals surface area contributed by atoms with Gasteiger partial charge in [0.2, 0.25) is 0 Å². The van der Waals surface area contributed by atoms with Gasteiger partial charge >= 0.3 is 13.7 Å². The summed E-state index contributed by atoms with van der Waals surface area (Å²) in [5.74, 6) is 0. The van der Waals surface area contributed by atoms with Gasteiger partial charge in [0.1, 0.15) is 11.9 Å². The average molecular weight is 273 g/mol. The summed E-state index contributed by atoms with van der Waals surface area (Å²) in [5.41, 5.74) is 0.793. The Morgan fingerprint density at radius 3 is 2.39 bits per heavy atom. The SMILES string of the molecule is CC(C)(NC(=O)OCc1ccccc1)P(=O)(O)O. The van der Waals surface area contributed by atoms with Gasteiger partial charge in [-0.15, -0.1) is 0 Å². The third kappa shape index (κ3) is 4.14. The lowest BCUT2D eigenvalue weighted by molar-refractivity contribution is 0.132. The van der Waals surface area contributed by atoms with E-state index >= 15 is 0 Å². The Morgan fingerprint density at radius 2 is 1.89 bits per heavy atom. The molecule has 0 aliphatic heterocycles. The first kappa shape index (κ1) is 14.7. The highest BCUT2D eigenvalue weighted by molar-refractivity contribution is 7.53. The minimum absolute atomic E-state index is 0.0455. The van der Waals surface area contributed by atoms with E-state index in [1.807, 2.05) is 6.07 Å². The van der Waals surface area contributed by atoms with Crippen molar-refractivity contribution in [3.8, 4) is 0 Å². The molecular formula is C11H16NO5P. The van der Waals surface area contributed by atoms with E-state index in [-0.39, 0.29) is 6.61 Å². The van der Waals surface area contributed by atoms with Crippen LogP contribution in [-0.4, -0.2) is 21.2 Å². The van der Waals surface area contributed by atoms with Gasteiger partial charge in [0.05, 0.1) is 0 Å². The molecule has 0 aliphatic carbocycles. The van der Waals surface area contributed by atoms with Crippen LogP contribution in [0.2, 0.25) is 0 Å². The maximum atomic E-state index is 11.4. The van der Waals surface area contributed by atoms with Crippen LogP contribution in [0.4, 0.5) is 4.79 Å². The molecule has 1 amide bonds. The van der Waals surface area contributed by atoms with Crippen molar-refractivity contribution in [1.82, 2.24) is 5.32 Å². The van der Waals surface area contributed by atoms with Gasteiger partial charge in [-0.25, -0.2) is 4.79 Å². The molecule has 0 saturated carbocycles. The Hall–Kier alpha value is -1.36. The zero-order valence-electron chi connectivity index (χ0n) is 10.2. The highest BCUT2D eigenvalue weighted by Gasteiger charge is 2.39. The lowest BCUT2D eigenvalue weighted by Crippen LogP contribution is -2.43. The number of alkyl carbamates (subject to hydrolysis) is 1. The molecule has 0 heterocycles. The summed E-state index contributed by atoms with van der Waals surface area (Å²) in [6, 6.07) is 9.00.